The summed E-state index contributed by atoms with van der Waals surface area (Å²) in [5.74, 6) is 0.880. The van der Waals surface area contributed by atoms with Crippen molar-refractivity contribution >= 4 is 52.5 Å². The zero-order valence-electron chi connectivity index (χ0n) is 19.8. The fraction of sp³-hybridized carbons (Fsp3) is 0.333. The van der Waals surface area contributed by atoms with Crippen LogP contribution in [0.15, 0.2) is 47.6 Å². The number of para-hydroxylation sites is 2. The number of rotatable bonds is 10. The molecule has 0 aliphatic carbocycles. The minimum absolute atomic E-state index is 0.0305. The van der Waals surface area contributed by atoms with E-state index in [1.807, 2.05) is 37.5 Å². The number of nitrogens with one attached hydrogen (secondary N) is 2. The predicted octanol–water partition coefficient (Wildman–Crippen LogP) is 5.47. The molecule has 8 nitrogen and oxygen atoms in total. The van der Waals surface area contributed by atoms with Crippen molar-refractivity contribution in [2.24, 2.45) is 5.92 Å². The molecule has 35 heavy (non-hydrogen) atoms. The van der Waals surface area contributed by atoms with Gasteiger partial charge in [0.25, 0.3) is 5.91 Å². The van der Waals surface area contributed by atoms with E-state index < -0.39 is 6.04 Å². The molecule has 1 aromatic heterocycles. The van der Waals surface area contributed by atoms with Crippen molar-refractivity contribution in [1.29, 1.82) is 0 Å². The quantitative estimate of drug-likeness (QED) is 0.334. The number of thioether (sulfide) groups is 1. The number of carbonyl (C=O) groups is 2. The van der Waals surface area contributed by atoms with Crippen molar-refractivity contribution in [2.45, 2.75) is 38.5 Å². The highest BCUT2D eigenvalue weighted by atomic mass is 35.5. The SMILES string of the molecule is CCn1c(SCC(=O)Nc2ccccc2OC)nnc1[C@H](NC(=O)c1ccc(Cl)c(Cl)c1)C(C)C. The van der Waals surface area contributed by atoms with E-state index in [1.165, 1.54) is 17.8 Å². The minimum Gasteiger partial charge on any atom is -0.495 e. The van der Waals surface area contributed by atoms with Crippen LogP contribution >= 0.6 is 35.0 Å². The highest BCUT2D eigenvalue weighted by Crippen LogP contribution is 2.28. The third-order valence-corrected chi connectivity index (χ3v) is 6.89. The van der Waals surface area contributed by atoms with E-state index in [1.54, 1.807) is 31.4 Å². The zero-order valence-corrected chi connectivity index (χ0v) is 22.2. The molecule has 186 valence electrons. The molecular formula is C24H27Cl2N5O3S. The summed E-state index contributed by atoms with van der Waals surface area (Å²) in [6.07, 6.45) is 0. The molecule has 0 radical (unpaired) electrons. The standard InChI is InChI=1S/C24H27Cl2N5O3S/c1-5-31-22(21(14(2)3)28-23(33)15-10-11-16(25)17(26)12-15)29-30-24(31)35-13-20(32)27-18-8-6-7-9-19(18)34-4/h6-12,14,21H,5,13H2,1-4H3,(H,27,32)(H,28,33)/t21-/m1/s1. The second kappa shape index (κ2) is 12.3. The van der Waals surface area contributed by atoms with Crippen LogP contribution in [-0.4, -0.2) is 39.4 Å². The van der Waals surface area contributed by atoms with E-state index in [-0.39, 0.29) is 23.5 Å². The van der Waals surface area contributed by atoms with Crippen LogP contribution in [0, 0.1) is 5.92 Å². The first-order chi connectivity index (χ1) is 16.7. The first kappa shape index (κ1) is 26.8. The van der Waals surface area contributed by atoms with E-state index in [9.17, 15) is 9.59 Å². The first-order valence-electron chi connectivity index (χ1n) is 11.0. The highest BCUT2D eigenvalue weighted by molar-refractivity contribution is 7.99. The van der Waals surface area contributed by atoms with Crippen LogP contribution in [0.3, 0.4) is 0 Å². The van der Waals surface area contributed by atoms with E-state index in [0.29, 0.717) is 44.6 Å². The van der Waals surface area contributed by atoms with E-state index >= 15 is 0 Å². The van der Waals surface area contributed by atoms with Gasteiger partial charge in [0.15, 0.2) is 11.0 Å². The number of hydrogen-bond acceptors (Lipinski definition) is 6. The average molecular weight is 536 g/mol. The van der Waals surface area contributed by atoms with Crippen LogP contribution in [-0.2, 0) is 11.3 Å². The van der Waals surface area contributed by atoms with E-state index in [4.69, 9.17) is 27.9 Å². The van der Waals surface area contributed by atoms with Crippen LogP contribution < -0.4 is 15.4 Å². The number of amides is 2. The molecule has 1 atom stereocenters. The molecule has 0 saturated heterocycles. The maximum absolute atomic E-state index is 12.9. The molecule has 2 aromatic carbocycles. The van der Waals surface area contributed by atoms with Crippen molar-refractivity contribution < 1.29 is 14.3 Å². The van der Waals surface area contributed by atoms with Gasteiger partial charge in [-0.2, -0.15) is 0 Å². The minimum atomic E-state index is -0.402. The number of ether oxygens (including phenoxy) is 1. The van der Waals surface area contributed by atoms with Gasteiger partial charge >= 0.3 is 0 Å². The van der Waals surface area contributed by atoms with Gasteiger partial charge in [-0.15, -0.1) is 10.2 Å². The molecule has 0 saturated carbocycles. The predicted molar refractivity (Wildman–Crippen MR) is 140 cm³/mol. The molecule has 2 N–H and O–H groups in total. The molecule has 0 unspecified atom stereocenters. The Hall–Kier alpha value is -2.75. The van der Waals surface area contributed by atoms with Crippen molar-refractivity contribution in [2.75, 3.05) is 18.2 Å². The van der Waals surface area contributed by atoms with Gasteiger partial charge in [0, 0.05) is 12.1 Å². The molecule has 0 spiro atoms. The smallest absolute Gasteiger partial charge is 0.251 e. The summed E-state index contributed by atoms with van der Waals surface area (Å²) < 4.78 is 7.18. The average Bonchev–Trinajstić information content (AvgIpc) is 3.25. The molecule has 0 bridgehead atoms. The molecule has 1 heterocycles. The lowest BCUT2D eigenvalue weighted by atomic mass is 10.0. The van der Waals surface area contributed by atoms with Crippen molar-refractivity contribution in [3.8, 4) is 5.75 Å². The summed E-state index contributed by atoms with van der Waals surface area (Å²) >= 11 is 13.3. The summed E-state index contributed by atoms with van der Waals surface area (Å²) in [7, 11) is 1.55. The van der Waals surface area contributed by atoms with Crippen molar-refractivity contribution in [3.63, 3.8) is 0 Å². The Kier molecular flexibility index (Phi) is 9.42. The molecule has 0 aliphatic heterocycles. The summed E-state index contributed by atoms with van der Waals surface area (Å²) in [5.41, 5.74) is 0.998. The van der Waals surface area contributed by atoms with Gasteiger partial charge in [-0.25, -0.2) is 0 Å². The Morgan fingerprint density at radius 2 is 1.86 bits per heavy atom. The summed E-state index contributed by atoms with van der Waals surface area (Å²) in [5, 5.41) is 15.8. The van der Waals surface area contributed by atoms with Crippen LogP contribution in [0.4, 0.5) is 5.69 Å². The van der Waals surface area contributed by atoms with Crippen LogP contribution in [0.25, 0.3) is 0 Å². The lowest BCUT2D eigenvalue weighted by Crippen LogP contribution is -2.33. The lowest BCUT2D eigenvalue weighted by molar-refractivity contribution is -0.113. The van der Waals surface area contributed by atoms with Crippen LogP contribution in [0.1, 0.15) is 43.0 Å². The van der Waals surface area contributed by atoms with Crippen molar-refractivity contribution in [1.82, 2.24) is 20.1 Å². The Morgan fingerprint density at radius 1 is 1.11 bits per heavy atom. The number of methoxy groups -OCH3 is 1. The van der Waals surface area contributed by atoms with E-state index in [0.717, 1.165) is 0 Å². The largest absolute Gasteiger partial charge is 0.495 e. The summed E-state index contributed by atoms with van der Waals surface area (Å²) in [4.78, 5) is 25.4. The second-order valence-electron chi connectivity index (χ2n) is 7.95. The van der Waals surface area contributed by atoms with Gasteiger partial charge in [0.1, 0.15) is 5.75 Å². The number of halogens is 2. The monoisotopic (exact) mass is 535 g/mol. The van der Waals surface area contributed by atoms with E-state index in [2.05, 4.69) is 20.8 Å². The lowest BCUT2D eigenvalue weighted by Gasteiger charge is -2.22. The number of nitrogens with zero attached hydrogens (tertiary/aromatic N) is 3. The Balaban J connectivity index is 1.73. The highest BCUT2D eigenvalue weighted by Gasteiger charge is 2.26. The normalized spacial score (nSPS) is 11.9. The van der Waals surface area contributed by atoms with Gasteiger partial charge < -0.3 is 19.9 Å². The van der Waals surface area contributed by atoms with Gasteiger partial charge in [-0.05, 0) is 43.2 Å². The molecule has 2 amide bonds. The van der Waals surface area contributed by atoms with Gasteiger partial charge in [0.05, 0.1) is 34.6 Å². The van der Waals surface area contributed by atoms with Crippen LogP contribution in [0.2, 0.25) is 10.0 Å². The van der Waals surface area contributed by atoms with Crippen molar-refractivity contribution in [3.05, 3.63) is 63.9 Å². The summed E-state index contributed by atoms with van der Waals surface area (Å²) in [6, 6.07) is 11.5. The Bertz CT molecular complexity index is 1200. The second-order valence-corrected chi connectivity index (χ2v) is 9.70. The molecule has 3 aromatic rings. The maximum Gasteiger partial charge on any atom is 0.251 e. The topological polar surface area (TPSA) is 98.1 Å². The van der Waals surface area contributed by atoms with Gasteiger partial charge in [-0.1, -0.05) is 60.9 Å². The molecule has 3 rings (SSSR count). The molecular weight excluding hydrogens is 509 g/mol. The fourth-order valence-corrected chi connectivity index (χ4v) is 4.50. The number of anilines is 1. The summed E-state index contributed by atoms with van der Waals surface area (Å²) in [6.45, 7) is 6.51. The number of carbonyl (C=O) groups excluding carboxylic acids is 2. The number of hydrogen-bond donors (Lipinski definition) is 2. The zero-order chi connectivity index (χ0) is 25.5. The van der Waals surface area contributed by atoms with Gasteiger partial charge in [-0.3, -0.25) is 9.59 Å². The number of aromatic nitrogens is 3. The van der Waals surface area contributed by atoms with Gasteiger partial charge in [0.2, 0.25) is 5.91 Å². The third-order valence-electron chi connectivity index (χ3n) is 5.19. The first-order valence-corrected chi connectivity index (χ1v) is 12.7. The Labute approximate surface area is 218 Å². The fourth-order valence-electron chi connectivity index (χ4n) is 3.39. The molecule has 11 heteroatoms. The number of benzene rings is 2. The molecule has 0 fully saturated rings. The molecule has 0 aliphatic rings. The third kappa shape index (κ3) is 6.68. The van der Waals surface area contributed by atoms with Crippen LogP contribution in [0.5, 0.6) is 5.75 Å². The Morgan fingerprint density at radius 3 is 2.51 bits per heavy atom. The maximum atomic E-state index is 12.9.